The number of methoxy groups -OCH3 is 2. The number of benzene rings is 1. The first-order valence-corrected chi connectivity index (χ1v) is 5.76. The molecule has 0 spiro atoms. The second kappa shape index (κ2) is 5.41. The minimum Gasteiger partial charge on any atom is -0.492 e. The fourth-order valence-electron chi connectivity index (χ4n) is 1.99. The monoisotopic (exact) mass is 269 g/mol. The Morgan fingerprint density at radius 1 is 1.10 bits per heavy atom. The molecule has 0 aromatic heterocycles. The summed E-state index contributed by atoms with van der Waals surface area (Å²) in [6.07, 6.45) is 1.11. The smallest absolute Gasteiger partial charge is 0.262 e. The van der Waals surface area contributed by atoms with E-state index in [1.165, 1.54) is 14.2 Å². The van der Waals surface area contributed by atoms with Crippen molar-refractivity contribution in [1.29, 1.82) is 5.26 Å². The van der Waals surface area contributed by atoms with Crippen molar-refractivity contribution in [2.75, 3.05) is 14.2 Å². The van der Waals surface area contributed by atoms with Gasteiger partial charge in [0, 0.05) is 11.6 Å². The highest BCUT2D eigenvalue weighted by Gasteiger charge is 2.32. The predicted octanol–water partition coefficient (Wildman–Crippen LogP) is 1.60. The summed E-state index contributed by atoms with van der Waals surface area (Å²) in [6, 6.07) is 8.53. The summed E-state index contributed by atoms with van der Waals surface area (Å²) >= 11 is 0. The lowest BCUT2D eigenvalue weighted by atomic mass is 9.91. The van der Waals surface area contributed by atoms with Crippen LogP contribution in [0.1, 0.15) is 11.1 Å². The SMILES string of the molecule is COC1=CC(=O)C(c2ccccc2C#N)=C(OC)C1=O. The van der Waals surface area contributed by atoms with Crippen molar-refractivity contribution in [3.05, 3.63) is 53.0 Å². The Bertz CT molecular complexity index is 692. The Morgan fingerprint density at radius 3 is 2.40 bits per heavy atom. The molecule has 0 aliphatic heterocycles. The standard InChI is InChI=1S/C15H11NO4/c1-19-12-7-11(17)13(15(20-2)14(12)18)10-6-4-3-5-9(10)8-16/h3-7H,1-2H3. The van der Waals surface area contributed by atoms with Crippen LogP contribution < -0.4 is 0 Å². The van der Waals surface area contributed by atoms with Crippen LogP contribution in [-0.2, 0) is 19.1 Å². The summed E-state index contributed by atoms with van der Waals surface area (Å²) < 4.78 is 9.91. The van der Waals surface area contributed by atoms with E-state index in [0.717, 1.165) is 6.08 Å². The summed E-state index contributed by atoms with van der Waals surface area (Å²) in [5.74, 6) is -1.14. The van der Waals surface area contributed by atoms with Gasteiger partial charge in [0.2, 0.25) is 0 Å². The van der Waals surface area contributed by atoms with Crippen LogP contribution in [0.2, 0.25) is 0 Å². The minimum absolute atomic E-state index is 0.0787. The second-order valence-corrected chi connectivity index (χ2v) is 3.97. The number of nitriles is 1. The normalized spacial score (nSPS) is 14.8. The van der Waals surface area contributed by atoms with Crippen molar-refractivity contribution >= 4 is 17.1 Å². The fraction of sp³-hybridized carbons (Fsp3) is 0.133. The van der Waals surface area contributed by atoms with Crippen LogP contribution in [0, 0.1) is 11.3 Å². The number of Topliss-reactive ketones (excluding diaryl/α,β-unsaturated/α-hetero) is 1. The first kappa shape index (κ1) is 13.6. The number of rotatable bonds is 3. The number of carbonyl (C=O) groups excluding carboxylic acids is 2. The highest BCUT2D eigenvalue weighted by molar-refractivity contribution is 6.36. The molecule has 0 amide bonds. The number of nitrogens with zero attached hydrogens (tertiary/aromatic N) is 1. The maximum absolute atomic E-state index is 12.2. The van der Waals surface area contributed by atoms with E-state index in [1.807, 2.05) is 6.07 Å². The van der Waals surface area contributed by atoms with E-state index in [1.54, 1.807) is 24.3 Å². The van der Waals surface area contributed by atoms with E-state index in [2.05, 4.69) is 0 Å². The molecule has 0 heterocycles. The van der Waals surface area contributed by atoms with Gasteiger partial charge in [-0.25, -0.2) is 0 Å². The third-order valence-electron chi connectivity index (χ3n) is 2.91. The van der Waals surface area contributed by atoms with Gasteiger partial charge in [0.15, 0.2) is 17.3 Å². The van der Waals surface area contributed by atoms with Crippen molar-refractivity contribution < 1.29 is 19.1 Å². The zero-order chi connectivity index (χ0) is 14.7. The first-order valence-electron chi connectivity index (χ1n) is 5.76. The summed E-state index contributed by atoms with van der Waals surface area (Å²) in [5, 5.41) is 9.11. The average molecular weight is 269 g/mol. The summed E-state index contributed by atoms with van der Waals surface area (Å²) in [5.41, 5.74) is 0.750. The molecule has 1 aromatic carbocycles. The van der Waals surface area contributed by atoms with Crippen molar-refractivity contribution in [1.82, 2.24) is 0 Å². The molecule has 0 radical (unpaired) electrons. The quantitative estimate of drug-likeness (QED) is 0.779. The van der Waals surface area contributed by atoms with Crippen molar-refractivity contribution in [2.45, 2.75) is 0 Å². The number of carbonyl (C=O) groups is 2. The molecule has 5 nitrogen and oxygen atoms in total. The van der Waals surface area contributed by atoms with Crippen molar-refractivity contribution in [3.63, 3.8) is 0 Å². The molecule has 0 saturated heterocycles. The molecule has 0 bridgehead atoms. The Balaban J connectivity index is 2.68. The largest absolute Gasteiger partial charge is 0.492 e. The van der Waals surface area contributed by atoms with Crippen molar-refractivity contribution in [2.24, 2.45) is 0 Å². The van der Waals surface area contributed by atoms with Gasteiger partial charge in [-0.2, -0.15) is 5.26 Å². The molecule has 100 valence electrons. The van der Waals surface area contributed by atoms with Crippen LogP contribution in [0.5, 0.6) is 0 Å². The van der Waals surface area contributed by atoms with E-state index in [4.69, 9.17) is 14.7 Å². The number of ether oxygens (including phenoxy) is 2. The summed E-state index contributed by atoms with van der Waals surface area (Å²) in [7, 11) is 2.60. The zero-order valence-corrected chi connectivity index (χ0v) is 11.0. The maximum atomic E-state index is 12.2. The first-order chi connectivity index (χ1) is 9.63. The van der Waals surface area contributed by atoms with Gasteiger partial charge in [0.1, 0.15) is 0 Å². The summed E-state index contributed by atoms with van der Waals surface area (Å²) in [4.78, 5) is 24.3. The highest BCUT2D eigenvalue weighted by atomic mass is 16.5. The van der Waals surface area contributed by atoms with Gasteiger partial charge in [-0.1, -0.05) is 18.2 Å². The summed E-state index contributed by atoms with van der Waals surface area (Å²) in [6.45, 7) is 0. The second-order valence-electron chi connectivity index (χ2n) is 3.97. The Hall–Kier alpha value is -2.87. The molecule has 1 aliphatic carbocycles. The molecular formula is C15H11NO4. The molecule has 0 unspecified atom stereocenters. The fourth-order valence-corrected chi connectivity index (χ4v) is 1.99. The number of hydrogen-bond donors (Lipinski definition) is 0. The van der Waals surface area contributed by atoms with Gasteiger partial charge in [0.25, 0.3) is 5.78 Å². The maximum Gasteiger partial charge on any atom is 0.262 e. The van der Waals surface area contributed by atoms with E-state index < -0.39 is 11.6 Å². The van der Waals surface area contributed by atoms with Gasteiger partial charge in [0.05, 0.1) is 31.4 Å². The van der Waals surface area contributed by atoms with E-state index >= 15 is 0 Å². The Kier molecular flexibility index (Phi) is 3.67. The lowest BCUT2D eigenvalue weighted by Gasteiger charge is -2.17. The molecule has 0 saturated carbocycles. The van der Waals surface area contributed by atoms with Crippen molar-refractivity contribution in [3.8, 4) is 6.07 Å². The predicted molar refractivity (Wildman–Crippen MR) is 70.2 cm³/mol. The average Bonchev–Trinajstić information content (AvgIpc) is 2.48. The minimum atomic E-state index is -0.516. The van der Waals surface area contributed by atoms with Crippen LogP contribution in [0.25, 0.3) is 5.57 Å². The number of ketones is 2. The molecule has 5 heteroatoms. The third-order valence-corrected chi connectivity index (χ3v) is 2.91. The number of allylic oxidation sites excluding steroid dienone is 2. The van der Waals surface area contributed by atoms with Gasteiger partial charge in [-0.3, -0.25) is 9.59 Å². The number of hydrogen-bond acceptors (Lipinski definition) is 5. The van der Waals surface area contributed by atoms with Crippen LogP contribution in [0.3, 0.4) is 0 Å². The van der Waals surface area contributed by atoms with E-state index in [9.17, 15) is 9.59 Å². The van der Waals surface area contributed by atoms with Gasteiger partial charge >= 0.3 is 0 Å². The third kappa shape index (κ3) is 2.08. The van der Waals surface area contributed by atoms with Crippen LogP contribution in [0.15, 0.2) is 41.9 Å². The molecular weight excluding hydrogens is 258 g/mol. The molecule has 0 N–H and O–H groups in total. The lowest BCUT2D eigenvalue weighted by molar-refractivity contribution is -0.119. The van der Waals surface area contributed by atoms with E-state index in [-0.39, 0.29) is 17.1 Å². The zero-order valence-electron chi connectivity index (χ0n) is 11.0. The molecule has 20 heavy (non-hydrogen) atoms. The van der Waals surface area contributed by atoms with Crippen LogP contribution in [-0.4, -0.2) is 25.8 Å². The van der Waals surface area contributed by atoms with Gasteiger partial charge in [-0.05, 0) is 6.07 Å². The lowest BCUT2D eigenvalue weighted by Crippen LogP contribution is -2.21. The van der Waals surface area contributed by atoms with Gasteiger partial charge < -0.3 is 9.47 Å². The highest BCUT2D eigenvalue weighted by Crippen LogP contribution is 2.29. The molecule has 1 aliphatic rings. The molecule has 0 atom stereocenters. The molecule has 2 rings (SSSR count). The Morgan fingerprint density at radius 2 is 1.80 bits per heavy atom. The van der Waals surface area contributed by atoms with Crippen LogP contribution in [0.4, 0.5) is 0 Å². The Labute approximate surface area is 115 Å². The van der Waals surface area contributed by atoms with Crippen LogP contribution >= 0.6 is 0 Å². The molecule has 1 aromatic rings. The topological polar surface area (TPSA) is 76.4 Å². The van der Waals surface area contributed by atoms with Gasteiger partial charge in [-0.15, -0.1) is 0 Å². The molecule has 0 fully saturated rings. The van der Waals surface area contributed by atoms with E-state index in [0.29, 0.717) is 11.1 Å².